The van der Waals surface area contributed by atoms with Gasteiger partial charge in [0.05, 0.1) is 3.79 Å². The Hall–Kier alpha value is -0.700. The number of nitrogens with zero attached hydrogens (tertiary/aromatic N) is 1. The molecule has 0 aliphatic carbocycles. The third kappa shape index (κ3) is 5.06. The van der Waals surface area contributed by atoms with Crippen LogP contribution in [0, 0.1) is 0 Å². The van der Waals surface area contributed by atoms with Crippen molar-refractivity contribution in [3.05, 3.63) is 28.6 Å². The molecule has 0 fully saturated rings. The summed E-state index contributed by atoms with van der Waals surface area (Å²) in [5.74, 6) is -0.113. The van der Waals surface area contributed by atoms with Crippen LogP contribution in [0.3, 0.4) is 0 Å². The van der Waals surface area contributed by atoms with Crippen molar-refractivity contribution in [1.82, 2.24) is 9.62 Å². The lowest BCUT2D eigenvalue weighted by Gasteiger charge is -2.19. The highest BCUT2D eigenvalue weighted by atomic mass is 79.9. The van der Waals surface area contributed by atoms with Crippen LogP contribution in [-0.2, 0) is 14.8 Å². The van der Waals surface area contributed by atoms with Gasteiger partial charge >= 0.3 is 0 Å². The summed E-state index contributed by atoms with van der Waals surface area (Å²) in [4.78, 5) is 12.8. The number of nitrogens with one attached hydrogen (secondary N) is 1. The maximum absolute atomic E-state index is 11.9. The lowest BCUT2D eigenvalue weighted by molar-refractivity contribution is -0.128. The van der Waals surface area contributed by atoms with Crippen LogP contribution in [-0.4, -0.2) is 38.9 Å². The molecule has 5 nitrogen and oxygen atoms in total. The van der Waals surface area contributed by atoms with E-state index in [9.17, 15) is 13.2 Å². The largest absolute Gasteiger partial charge is 0.338 e. The summed E-state index contributed by atoms with van der Waals surface area (Å²) in [7, 11) is -3.50. The summed E-state index contributed by atoms with van der Waals surface area (Å²) in [5.41, 5.74) is 0. The Morgan fingerprint density at radius 3 is 2.74 bits per heavy atom. The third-order valence-corrected chi connectivity index (χ3v) is 5.86. The molecule has 1 heterocycles. The average molecular weight is 367 g/mol. The first kappa shape index (κ1) is 16.4. The highest BCUT2D eigenvalue weighted by Crippen LogP contribution is 2.25. The fourth-order valence-electron chi connectivity index (χ4n) is 1.36. The van der Waals surface area contributed by atoms with Crippen molar-refractivity contribution < 1.29 is 13.2 Å². The highest BCUT2D eigenvalue weighted by Gasteiger charge is 2.16. The number of thiophene rings is 1. The van der Waals surface area contributed by atoms with E-state index in [1.165, 1.54) is 17.9 Å². The molecule has 1 N–H and O–H groups in total. The molecular formula is C11H15BrN2O3S2. The van der Waals surface area contributed by atoms with E-state index < -0.39 is 10.0 Å². The van der Waals surface area contributed by atoms with E-state index in [2.05, 4.69) is 27.2 Å². The second-order valence-electron chi connectivity index (χ2n) is 3.71. The van der Waals surface area contributed by atoms with Crippen LogP contribution >= 0.6 is 27.3 Å². The maximum atomic E-state index is 11.9. The van der Waals surface area contributed by atoms with Crippen molar-refractivity contribution in [2.24, 2.45) is 0 Å². The van der Waals surface area contributed by atoms with Gasteiger partial charge in [-0.1, -0.05) is 6.08 Å². The van der Waals surface area contributed by atoms with Gasteiger partial charge in [0.15, 0.2) is 0 Å². The summed E-state index contributed by atoms with van der Waals surface area (Å²) in [6, 6.07) is 3.21. The van der Waals surface area contributed by atoms with Crippen molar-refractivity contribution in [2.75, 3.05) is 19.6 Å². The summed E-state index contributed by atoms with van der Waals surface area (Å²) >= 11 is 4.36. The Labute approximate surface area is 125 Å². The number of halogens is 1. The molecule has 0 aliphatic rings. The molecular weight excluding hydrogens is 352 g/mol. The average Bonchev–Trinajstić information content (AvgIpc) is 2.75. The monoisotopic (exact) mass is 366 g/mol. The van der Waals surface area contributed by atoms with Crippen molar-refractivity contribution in [3.63, 3.8) is 0 Å². The summed E-state index contributed by atoms with van der Waals surface area (Å²) in [5, 5.41) is 0. The van der Waals surface area contributed by atoms with Gasteiger partial charge in [-0.05, 0) is 28.1 Å². The first-order valence-corrected chi connectivity index (χ1v) is 8.57. The second-order valence-corrected chi connectivity index (χ2v) is 8.17. The lowest BCUT2D eigenvalue weighted by Crippen LogP contribution is -2.37. The van der Waals surface area contributed by atoms with E-state index in [-0.39, 0.29) is 16.7 Å². The predicted molar refractivity (Wildman–Crippen MR) is 79.7 cm³/mol. The third-order valence-electron chi connectivity index (χ3n) is 2.28. The summed E-state index contributed by atoms with van der Waals surface area (Å²) in [6.07, 6.45) is 1.60. The minimum absolute atomic E-state index is 0.113. The molecule has 0 atom stereocenters. The Morgan fingerprint density at radius 1 is 1.58 bits per heavy atom. The molecule has 0 aromatic carbocycles. The number of carbonyl (C=O) groups is 1. The van der Waals surface area contributed by atoms with Crippen LogP contribution in [0.5, 0.6) is 0 Å². The normalized spacial score (nSPS) is 11.3. The number of carbonyl (C=O) groups excluding carboxylic acids is 1. The molecule has 106 valence electrons. The zero-order valence-electron chi connectivity index (χ0n) is 10.4. The van der Waals surface area contributed by atoms with Gasteiger partial charge in [-0.2, -0.15) is 0 Å². The standard InChI is InChI=1S/C11H15BrN2O3S2/c1-3-7-14(9(2)15)8-6-13-19(16,17)11-5-4-10(12)18-11/h3-5,13H,1,6-8H2,2H3. The molecule has 19 heavy (non-hydrogen) atoms. The van der Waals surface area contributed by atoms with Gasteiger partial charge in [0, 0.05) is 26.6 Å². The first-order valence-electron chi connectivity index (χ1n) is 5.48. The van der Waals surface area contributed by atoms with Crippen LogP contribution in [0.25, 0.3) is 0 Å². The van der Waals surface area contributed by atoms with Crippen molar-refractivity contribution >= 4 is 43.2 Å². The van der Waals surface area contributed by atoms with Gasteiger partial charge in [-0.3, -0.25) is 4.79 Å². The number of amides is 1. The minimum Gasteiger partial charge on any atom is -0.338 e. The zero-order chi connectivity index (χ0) is 14.5. The minimum atomic E-state index is -3.50. The van der Waals surface area contributed by atoms with E-state index in [4.69, 9.17) is 0 Å². The SMILES string of the molecule is C=CCN(CCNS(=O)(=O)c1ccc(Br)s1)C(C)=O. The first-order chi connectivity index (χ1) is 8.86. The molecule has 1 rings (SSSR count). The number of hydrogen-bond acceptors (Lipinski definition) is 4. The van der Waals surface area contributed by atoms with Crippen LogP contribution in [0.15, 0.2) is 32.8 Å². The predicted octanol–water partition coefficient (Wildman–Crippen LogP) is 1.82. The number of hydrogen-bond donors (Lipinski definition) is 1. The molecule has 1 amide bonds. The topological polar surface area (TPSA) is 66.5 Å². The van der Waals surface area contributed by atoms with E-state index in [1.807, 2.05) is 0 Å². The molecule has 0 unspecified atom stereocenters. The summed E-state index contributed by atoms with van der Waals surface area (Å²) in [6.45, 7) is 5.88. The fraction of sp³-hybridized carbons (Fsp3) is 0.364. The molecule has 0 saturated carbocycles. The van der Waals surface area contributed by atoms with Crippen molar-refractivity contribution in [2.45, 2.75) is 11.1 Å². The molecule has 1 aromatic heterocycles. The van der Waals surface area contributed by atoms with Gasteiger partial charge in [0.25, 0.3) is 0 Å². The van der Waals surface area contributed by atoms with Crippen LogP contribution in [0.2, 0.25) is 0 Å². The van der Waals surface area contributed by atoms with Gasteiger partial charge < -0.3 is 4.90 Å². The van der Waals surface area contributed by atoms with Crippen molar-refractivity contribution in [1.29, 1.82) is 0 Å². The second kappa shape index (κ2) is 7.18. The maximum Gasteiger partial charge on any atom is 0.250 e. The van der Waals surface area contributed by atoms with Gasteiger partial charge in [-0.15, -0.1) is 17.9 Å². The van der Waals surface area contributed by atoms with Crippen LogP contribution < -0.4 is 4.72 Å². The molecule has 8 heteroatoms. The quantitative estimate of drug-likeness (QED) is 0.748. The lowest BCUT2D eigenvalue weighted by atomic mass is 10.4. The molecule has 0 saturated heterocycles. The molecule has 0 radical (unpaired) electrons. The fourth-order valence-corrected chi connectivity index (χ4v) is 4.44. The molecule has 0 spiro atoms. The van der Waals surface area contributed by atoms with Crippen LogP contribution in [0.4, 0.5) is 0 Å². The highest BCUT2D eigenvalue weighted by molar-refractivity contribution is 9.11. The number of sulfonamides is 1. The van der Waals surface area contributed by atoms with Gasteiger partial charge in [0.1, 0.15) is 4.21 Å². The molecule has 1 aromatic rings. The van der Waals surface area contributed by atoms with E-state index in [0.29, 0.717) is 13.1 Å². The Kier molecular flexibility index (Phi) is 6.18. The van der Waals surface area contributed by atoms with Gasteiger partial charge in [0.2, 0.25) is 15.9 Å². The smallest absolute Gasteiger partial charge is 0.250 e. The number of rotatable bonds is 7. The van der Waals surface area contributed by atoms with Crippen LogP contribution in [0.1, 0.15) is 6.92 Å². The Balaban J connectivity index is 2.56. The van der Waals surface area contributed by atoms with Gasteiger partial charge in [-0.25, -0.2) is 13.1 Å². The van der Waals surface area contributed by atoms with E-state index in [1.54, 1.807) is 12.1 Å². The van der Waals surface area contributed by atoms with E-state index >= 15 is 0 Å². The Morgan fingerprint density at radius 2 is 2.26 bits per heavy atom. The summed E-state index contributed by atoms with van der Waals surface area (Å²) < 4.78 is 27.3. The van der Waals surface area contributed by atoms with Crippen molar-refractivity contribution in [3.8, 4) is 0 Å². The molecule has 0 bridgehead atoms. The van der Waals surface area contributed by atoms with E-state index in [0.717, 1.165) is 15.1 Å². The molecule has 0 aliphatic heterocycles. The Bertz CT molecular complexity index is 554. The zero-order valence-corrected chi connectivity index (χ0v) is 13.6.